The highest BCUT2D eigenvalue weighted by molar-refractivity contribution is 6.02. The second-order valence-corrected chi connectivity index (χ2v) is 17.5. The highest BCUT2D eigenvalue weighted by atomic mass is 16.4. The maximum atomic E-state index is 13.8. The Morgan fingerprint density at radius 1 is 0.479 bits per heavy atom. The van der Waals surface area contributed by atoms with Crippen LogP contribution in [0.5, 0.6) is 0 Å². The monoisotopic (exact) mass is 999 g/mol. The van der Waals surface area contributed by atoms with Gasteiger partial charge in [0.2, 0.25) is 53.2 Å². The van der Waals surface area contributed by atoms with Crippen LogP contribution in [0, 0.1) is 0 Å². The summed E-state index contributed by atoms with van der Waals surface area (Å²) in [5.74, 6) is -8.01. The summed E-state index contributed by atoms with van der Waals surface area (Å²) >= 11 is 0. The van der Waals surface area contributed by atoms with Crippen molar-refractivity contribution in [2.24, 2.45) is 0 Å². The molecule has 23 nitrogen and oxygen atoms in total. The minimum atomic E-state index is -1.34. The molecule has 0 fully saturated rings. The zero-order valence-electron chi connectivity index (χ0n) is 41.6. The average Bonchev–Trinajstić information content (AvgIpc) is 4.08. The Balaban J connectivity index is 2.06. The number of imidazole rings is 2. The van der Waals surface area contributed by atoms with Crippen LogP contribution >= 0.6 is 0 Å². The third-order valence-electron chi connectivity index (χ3n) is 11.3. The molecule has 71 heavy (non-hydrogen) atoms. The number of aromatic amines is 2. The lowest BCUT2D eigenvalue weighted by Gasteiger charge is -2.24. The van der Waals surface area contributed by atoms with Gasteiger partial charge >= 0.3 is 5.97 Å². The molecular weight excluding hydrogens is 921 g/mol. The summed E-state index contributed by atoms with van der Waals surface area (Å²) in [7, 11) is 0. The number of hydrogen-bond donors (Lipinski definition) is 10. The highest BCUT2D eigenvalue weighted by Gasteiger charge is 2.29. The number of aliphatic carboxylic acids is 1. The second kappa shape index (κ2) is 37.2. The van der Waals surface area contributed by atoms with Crippen LogP contribution in [0.25, 0.3) is 0 Å². The van der Waals surface area contributed by atoms with Gasteiger partial charge in [-0.1, -0.05) is 117 Å². The van der Waals surface area contributed by atoms with E-state index in [1.165, 1.54) is 63.6 Å². The number of carboxylic acid groups (broad SMARTS) is 1. The molecule has 9 amide bonds. The Kier molecular flexibility index (Phi) is 31.7. The van der Waals surface area contributed by atoms with Crippen molar-refractivity contribution in [3.05, 3.63) is 36.4 Å². The fourth-order valence-electron chi connectivity index (χ4n) is 7.33. The minimum absolute atomic E-state index is 0.0977. The summed E-state index contributed by atoms with van der Waals surface area (Å²) in [5, 5.41) is 25.7. The smallest absolute Gasteiger partial charge is 0.322 e. The van der Waals surface area contributed by atoms with E-state index >= 15 is 0 Å². The third kappa shape index (κ3) is 29.2. The molecule has 0 aliphatic heterocycles. The Hall–Kier alpha value is -6.68. The standard InChI is InChI=1S/C48H78N12O11/c1-3-5-7-9-11-13-15-17-19-21-39(61)51-27-40(62)52-29-42(64)58-37(23-35-25-49-33-56-35)48(71)55-30-45(67)60(44(66)22-20-18-16-14-12-10-8-6-4-2)32-43(65)59-38(24-36-26-50-34-57-36)47(70)54-28-41(63)53-31-46(68)69/h25-26,33-34,37-38H,3-24,27-32H2,1-2H3,(H,49,56)(H,50,57)(H,51,61)(H,52,62)(H,53,63)(H,54,70)(H,55,71)(H,58,64)(H,59,65)(H,68,69)/t37-,38-/m0/s1. The molecule has 0 unspecified atom stereocenters. The maximum Gasteiger partial charge on any atom is 0.322 e. The second-order valence-electron chi connectivity index (χ2n) is 17.5. The largest absolute Gasteiger partial charge is 0.480 e. The first-order valence-corrected chi connectivity index (χ1v) is 25.2. The zero-order chi connectivity index (χ0) is 52.1. The molecular formula is C48H78N12O11. The van der Waals surface area contributed by atoms with E-state index in [-0.39, 0.29) is 38.1 Å². The summed E-state index contributed by atoms with van der Waals surface area (Å²) in [6, 6.07) is -2.64. The average molecular weight is 999 g/mol. The van der Waals surface area contributed by atoms with Crippen molar-refractivity contribution in [2.45, 2.75) is 167 Å². The molecule has 0 saturated carbocycles. The molecule has 0 aliphatic carbocycles. The number of amides is 9. The third-order valence-corrected chi connectivity index (χ3v) is 11.3. The molecule has 0 radical (unpaired) electrons. The summed E-state index contributed by atoms with van der Waals surface area (Å²) in [6.45, 7) is 0.538. The van der Waals surface area contributed by atoms with Crippen molar-refractivity contribution in [3.63, 3.8) is 0 Å². The normalized spacial score (nSPS) is 11.6. The van der Waals surface area contributed by atoms with Gasteiger partial charge < -0.3 is 52.3 Å². The van der Waals surface area contributed by atoms with Crippen molar-refractivity contribution in [1.29, 1.82) is 0 Å². The summed E-state index contributed by atoms with van der Waals surface area (Å²) in [4.78, 5) is 143. The number of H-pyrrole nitrogens is 2. The Bertz CT molecular complexity index is 1930. The lowest BCUT2D eigenvalue weighted by Crippen LogP contribution is -2.55. The predicted molar refractivity (Wildman–Crippen MR) is 262 cm³/mol. The number of carbonyl (C=O) groups excluding carboxylic acids is 9. The van der Waals surface area contributed by atoms with E-state index in [2.05, 4.69) is 71.0 Å². The maximum absolute atomic E-state index is 13.8. The SMILES string of the molecule is CCCCCCCCCCCC(=O)NCC(=O)NCC(=O)N[C@@H](Cc1cnc[nH]1)C(=O)NCC(=O)N(CC(=O)N[C@@H](Cc1cnc[nH]1)C(=O)NCC(=O)NCC(=O)O)C(=O)CCCCCCCCCCC. The number of imide groups is 1. The molecule has 2 aromatic rings. The minimum Gasteiger partial charge on any atom is -0.480 e. The first-order chi connectivity index (χ1) is 34.2. The van der Waals surface area contributed by atoms with Gasteiger partial charge in [-0.2, -0.15) is 0 Å². The van der Waals surface area contributed by atoms with Crippen LogP contribution in [0.4, 0.5) is 0 Å². The quantitative estimate of drug-likeness (QED) is 0.0426. The molecule has 0 saturated heterocycles. The van der Waals surface area contributed by atoms with E-state index in [1.807, 2.05) is 0 Å². The van der Waals surface area contributed by atoms with Crippen molar-refractivity contribution in [3.8, 4) is 0 Å². The summed E-state index contributed by atoms with van der Waals surface area (Å²) < 4.78 is 0. The van der Waals surface area contributed by atoms with Crippen molar-refractivity contribution < 1.29 is 53.1 Å². The predicted octanol–water partition coefficient (Wildman–Crippen LogP) is 1.75. The molecule has 0 aliphatic rings. The van der Waals surface area contributed by atoms with Crippen LogP contribution in [-0.2, 0) is 60.8 Å². The Morgan fingerprint density at radius 3 is 1.37 bits per heavy atom. The van der Waals surface area contributed by atoms with Crippen molar-refractivity contribution in [1.82, 2.24) is 62.1 Å². The highest BCUT2D eigenvalue weighted by Crippen LogP contribution is 2.13. The van der Waals surface area contributed by atoms with Gasteiger partial charge in [-0.3, -0.25) is 52.8 Å². The molecule has 0 spiro atoms. The number of rotatable bonds is 40. The van der Waals surface area contributed by atoms with E-state index < -0.39 is 98.0 Å². The first kappa shape index (κ1) is 60.4. The van der Waals surface area contributed by atoms with Crippen LogP contribution in [0.1, 0.15) is 154 Å². The molecule has 23 heteroatoms. The number of carbonyl (C=O) groups is 10. The van der Waals surface area contributed by atoms with E-state index in [9.17, 15) is 47.9 Å². The fourth-order valence-corrected chi connectivity index (χ4v) is 7.33. The van der Waals surface area contributed by atoms with Crippen LogP contribution in [-0.4, -0.2) is 140 Å². The van der Waals surface area contributed by atoms with Crippen LogP contribution in [0.2, 0.25) is 0 Å². The molecule has 0 aromatic carbocycles. The van der Waals surface area contributed by atoms with Gasteiger partial charge in [0.15, 0.2) is 0 Å². The molecule has 2 heterocycles. The lowest BCUT2D eigenvalue weighted by atomic mass is 10.1. The van der Waals surface area contributed by atoms with Gasteiger partial charge in [0.1, 0.15) is 25.2 Å². The van der Waals surface area contributed by atoms with Crippen LogP contribution in [0.15, 0.2) is 25.0 Å². The van der Waals surface area contributed by atoms with Gasteiger partial charge in [-0.15, -0.1) is 0 Å². The van der Waals surface area contributed by atoms with Crippen LogP contribution in [0.3, 0.4) is 0 Å². The number of nitrogens with zero attached hydrogens (tertiary/aromatic N) is 3. The van der Waals surface area contributed by atoms with Gasteiger partial charge in [0.05, 0.1) is 38.8 Å². The van der Waals surface area contributed by atoms with Gasteiger partial charge in [-0.25, -0.2) is 9.97 Å². The van der Waals surface area contributed by atoms with Gasteiger partial charge in [-0.05, 0) is 12.8 Å². The van der Waals surface area contributed by atoms with E-state index in [0.29, 0.717) is 35.6 Å². The van der Waals surface area contributed by atoms with Crippen molar-refractivity contribution in [2.75, 3.05) is 39.3 Å². The molecule has 2 rings (SSSR count). The molecule has 10 N–H and O–H groups in total. The van der Waals surface area contributed by atoms with Crippen molar-refractivity contribution >= 4 is 59.1 Å². The van der Waals surface area contributed by atoms with Gasteiger partial charge in [0.25, 0.3) is 0 Å². The summed E-state index contributed by atoms with van der Waals surface area (Å²) in [5.41, 5.74) is 0.861. The fraction of sp³-hybridized carbons (Fsp3) is 0.667. The number of nitrogens with one attached hydrogen (secondary N) is 9. The van der Waals surface area contributed by atoms with E-state index in [0.717, 1.165) is 57.8 Å². The summed E-state index contributed by atoms with van der Waals surface area (Å²) in [6.07, 6.45) is 24.0. The van der Waals surface area contributed by atoms with Crippen LogP contribution < -0.4 is 37.2 Å². The van der Waals surface area contributed by atoms with E-state index in [1.54, 1.807) is 0 Å². The molecule has 396 valence electrons. The van der Waals surface area contributed by atoms with Gasteiger partial charge in [0, 0.05) is 49.5 Å². The Morgan fingerprint density at radius 2 is 0.887 bits per heavy atom. The number of aromatic nitrogens is 4. The topological polar surface area (TPSA) is 336 Å². The lowest BCUT2D eigenvalue weighted by molar-refractivity contribution is -0.148. The number of unbranched alkanes of at least 4 members (excludes halogenated alkanes) is 16. The molecule has 2 atom stereocenters. The Labute approximate surface area is 416 Å². The first-order valence-electron chi connectivity index (χ1n) is 25.2. The number of carboxylic acids is 1. The van der Waals surface area contributed by atoms with E-state index in [4.69, 9.17) is 5.11 Å². The zero-order valence-corrected chi connectivity index (χ0v) is 41.6. The molecule has 2 aromatic heterocycles. The molecule has 0 bridgehead atoms. The number of hydrogen-bond acceptors (Lipinski definition) is 12.